The standard InChI is InChI=1S/C20H21FN2O2/c1-3-23(13-14-8-9-19(25-2)17(21)10-14)20(24)11-15-12-22-18-7-5-4-6-16(15)18/h4-10,12,22H,3,11,13H2,1-2H3. The Morgan fingerprint density at radius 2 is 2.04 bits per heavy atom. The van der Waals surface area contributed by atoms with Crippen molar-refractivity contribution in [3.8, 4) is 5.75 Å². The maximum Gasteiger partial charge on any atom is 0.227 e. The normalized spacial score (nSPS) is 10.8. The minimum atomic E-state index is -0.417. The van der Waals surface area contributed by atoms with Crippen molar-refractivity contribution in [3.63, 3.8) is 0 Å². The predicted octanol–water partition coefficient (Wildman–Crippen LogP) is 3.91. The van der Waals surface area contributed by atoms with Crippen LogP contribution in [0.3, 0.4) is 0 Å². The van der Waals surface area contributed by atoms with Crippen molar-refractivity contribution in [2.75, 3.05) is 13.7 Å². The van der Waals surface area contributed by atoms with Gasteiger partial charge in [0.05, 0.1) is 13.5 Å². The first-order valence-electron chi connectivity index (χ1n) is 8.27. The van der Waals surface area contributed by atoms with Crippen LogP contribution in [-0.2, 0) is 17.8 Å². The highest BCUT2D eigenvalue weighted by Crippen LogP contribution is 2.21. The molecule has 0 aliphatic carbocycles. The number of hydrogen-bond acceptors (Lipinski definition) is 2. The molecule has 0 fully saturated rings. The number of carbonyl (C=O) groups is 1. The summed E-state index contributed by atoms with van der Waals surface area (Å²) in [7, 11) is 1.43. The fraction of sp³-hybridized carbons (Fsp3) is 0.250. The van der Waals surface area contributed by atoms with Gasteiger partial charge < -0.3 is 14.6 Å². The molecule has 4 nitrogen and oxygen atoms in total. The summed E-state index contributed by atoms with van der Waals surface area (Å²) >= 11 is 0. The number of nitrogens with one attached hydrogen (secondary N) is 1. The highest BCUT2D eigenvalue weighted by atomic mass is 19.1. The zero-order valence-corrected chi connectivity index (χ0v) is 14.4. The van der Waals surface area contributed by atoms with E-state index in [4.69, 9.17) is 4.74 Å². The summed E-state index contributed by atoms with van der Waals surface area (Å²) in [6, 6.07) is 12.7. The number of benzene rings is 2. The molecular weight excluding hydrogens is 319 g/mol. The molecule has 1 aromatic heterocycles. The van der Waals surface area contributed by atoms with Gasteiger partial charge in [-0.15, -0.1) is 0 Å². The number of methoxy groups -OCH3 is 1. The molecule has 1 amide bonds. The van der Waals surface area contributed by atoms with Crippen molar-refractivity contribution in [2.45, 2.75) is 19.9 Å². The molecule has 2 aromatic carbocycles. The minimum absolute atomic E-state index is 0.0171. The van der Waals surface area contributed by atoms with Crippen molar-refractivity contribution >= 4 is 16.8 Å². The molecule has 1 N–H and O–H groups in total. The summed E-state index contributed by atoms with van der Waals surface area (Å²) in [6.45, 7) is 2.86. The number of ether oxygens (including phenoxy) is 1. The maximum absolute atomic E-state index is 13.9. The molecule has 0 bridgehead atoms. The van der Waals surface area contributed by atoms with Gasteiger partial charge in [-0.3, -0.25) is 4.79 Å². The van der Waals surface area contributed by atoms with E-state index in [2.05, 4.69) is 4.98 Å². The van der Waals surface area contributed by atoms with E-state index in [-0.39, 0.29) is 11.7 Å². The lowest BCUT2D eigenvalue weighted by atomic mass is 10.1. The van der Waals surface area contributed by atoms with Gasteiger partial charge in [0.15, 0.2) is 11.6 Å². The van der Waals surface area contributed by atoms with Crippen molar-refractivity contribution in [1.82, 2.24) is 9.88 Å². The second-order valence-corrected chi connectivity index (χ2v) is 5.91. The van der Waals surface area contributed by atoms with Crippen LogP contribution in [0.25, 0.3) is 10.9 Å². The average Bonchev–Trinajstić information content (AvgIpc) is 3.03. The van der Waals surface area contributed by atoms with Gasteiger partial charge in [0.1, 0.15) is 0 Å². The molecule has 0 saturated heterocycles. The molecule has 0 saturated carbocycles. The number of H-pyrrole nitrogens is 1. The highest BCUT2D eigenvalue weighted by molar-refractivity contribution is 5.88. The number of fused-ring (bicyclic) bond motifs is 1. The van der Waals surface area contributed by atoms with Crippen molar-refractivity contribution in [3.05, 3.63) is 65.6 Å². The van der Waals surface area contributed by atoms with Crippen LogP contribution in [0, 0.1) is 5.82 Å². The molecule has 0 radical (unpaired) electrons. The Kier molecular flexibility index (Phi) is 5.03. The predicted molar refractivity (Wildman–Crippen MR) is 96.0 cm³/mol. The van der Waals surface area contributed by atoms with E-state index in [9.17, 15) is 9.18 Å². The van der Waals surface area contributed by atoms with Gasteiger partial charge in [-0.25, -0.2) is 4.39 Å². The number of para-hydroxylation sites is 1. The largest absolute Gasteiger partial charge is 0.494 e. The summed E-state index contributed by atoms with van der Waals surface area (Å²) in [4.78, 5) is 17.6. The number of nitrogens with zero attached hydrogens (tertiary/aromatic N) is 1. The lowest BCUT2D eigenvalue weighted by Gasteiger charge is -2.21. The first kappa shape index (κ1) is 17.0. The van der Waals surface area contributed by atoms with E-state index >= 15 is 0 Å². The Balaban J connectivity index is 1.74. The molecular formula is C20H21FN2O2. The SMILES string of the molecule is CCN(Cc1ccc(OC)c(F)c1)C(=O)Cc1c[nH]c2ccccc12. The first-order valence-corrected chi connectivity index (χ1v) is 8.27. The zero-order valence-electron chi connectivity index (χ0n) is 14.4. The molecule has 1 heterocycles. The van der Waals surface area contributed by atoms with E-state index in [1.54, 1.807) is 17.0 Å². The van der Waals surface area contributed by atoms with Crippen molar-refractivity contribution in [2.24, 2.45) is 0 Å². The summed E-state index contributed by atoms with van der Waals surface area (Å²) < 4.78 is 18.8. The Bertz CT molecular complexity index is 888. The third kappa shape index (κ3) is 3.65. The number of aromatic amines is 1. The van der Waals surface area contributed by atoms with Crippen LogP contribution in [0.5, 0.6) is 5.75 Å². The molecule has 3 rings (SSSR count). The molecule has 0 unspecified atom stereocenters. The summed E-state index contributed by atoms with van der Waals surface area (Å²) in [5.41, 5.74) is 2.73. The number of rotatable bonds is 6. The quantitative estimate of drug-likeness (QED) is 0.739. The van der Waals surface area contributed by atoms with Crippen molar-refractivity contribution in [1.29, 1.82) is 0 Å². The third-order valence-corrected chi connectivity index (χ3v) is 4.34. The van der Waals surface area contributed by atoms with E-state index in [0.717, 1.165) is 22.0 Å². The van der Waals surface area contributed by atoms with E-state index in [1.165, 1.54) is 13.2 Å². The molecule has 0 aliphatic heterocycles. The van der Waals surface area contributed by atoms with Crippen LogP contribution >= 0.6 is 0 Å². The number of aromatic nitrogens is 1. The summed E-state index contributed by atoms with van der Waals surface area (Å²) in [5.74, 6) is -0.194. The van der Waals surface area contributed by atoms with Gasteiger partial charge in [0.2, 0.25) is 5.91 Å². The molecule has 25 heavy (non-hydrogen) atoms. The fourth-order valence-corrected chi connectivity index (χ4v) is 2.96. The monoisotopic (exact) mass is 340 g/mol. The lowest BCUT2D eigenvalue weighted by molar-refractivity contribution is -0.130. The van der Waals surface area contributed by atoms with E-state index < -0.39 is 5.82 Å². The lowest BCUT2D eigenvalue weighted by Crippen LogP contribution is -2.31. The summed E-state index contributed by atoms with van der Waals surface area (Å²) in [5, 5.41) is 1.06. The highest BCUT2D eigenvalue weighted by Gasteiger charge is 2.16. The van der Waals surface area contributed by atoms with Crippen LogP contribution in [0.15, 0.2) is 48.7 Å². The van der Waals surface area contributed by atoms with Crippen LogP contribution in [-0.4, -0.2) is 29.4 Å². The van der Waals surface area contributed by atoms with Gasteiger partial charge in [0.25, 0.3) is 0 Å². The van der Waals surface area contributed by atoms with E-state index in [1.807, 2.05) is 37.4 Å². The number of likely N-dealkylation sites (N-methyl/N-ethyl adjacent to an activating group) is 1. The van der Waals surface area contributed by atoms with Crippen LogP contribution in [0.4, 0.5) is 4.39 Å². The molecule has 0 spiro atoms. The Morgan fingerprint density at radius 1 is 1.24 bits per heavy atom. The smallest absolute Gasteiger partial charge is 0.227 e. The van der Waals surface area contributed by atoms with Crippen LogP contribution in [0.1, 0.15) is 18.1 Å². The second kappa shape index (κ2) is 7.38. The minimum Gasteiger partial charge on any atom is -0.494 e. The van der Waals surface area contributed by atoms with Gasteiger partial charge >= 0.3 is 0 Å². The van der Waals surface area contributed by atoms with Crippen LogP contribution < -0.4 is 4.74 Å². The number of hydrogen-bond donors (Lipinski definition) is 1. The Morgan fingerprint density at radius 3 is 2.76 bits per heavy atom. The molecule has 5 heteroatoms. The molecule has 0 aliphatic rings. The van der Waals surface area contributed by atoms with Gasteiger partial charge in [-0.2, -0.15) is 0 Å². The number of halogens is 1. The Hall–Kier alpha value is -2.82. The van der Waals surface area contributed by atoms with Gasteiger partial charge in [-0.05, 0) is 36.2 Å². The third-order valence-electron chi connectivity index (χ3n) is 4.34. The Labute approximate surface area is 146 Å². The molecule has 3 aromatic rings. The molecule has 130 valence electrons. The first-order chi connectivity index (χ1) is 12.1. The summed E-state index contributed by atoms with van der Waals surface area (Å²) in [6.07, 6.45) is 2.19. The van der Waals surface area contributed by atoms with Crippen LogP contribution in [0.2, 0.25) is 0 Å². The van der Waals surface area contributed by atoms with Gasteiger partial charge in [-0.1, -0.05) is 24.3 Å². The fourth-order valence-electron chi connectivity index (χ4n) is 2.96. The number of carbonyl (C=O) groups excluding carboxylic acids is 1. The van der Waals surface area contributed by atoms with E-state index in [0.29, 0.717) is 19.5 Å². The number of amides is 1. The maximum atomic E-state index is 13.9. The second-order valence-electron chi connectivity index (χ2n) is 5.91. The topological polar surface area (TPSA) is 45.3 Å². The average molecular weight is 340 g/mol. The van der Waals surface area contributed by atoms with Crippen molar-refractivity contribution < 1.29 is 13.9 Å². The van der Waals surface area contributed by atoms with Gasteiger partial charge in [0, 0.05) is 30.2 Å². The zero-order chi connectivity index (χ0) is 17.8. The molecule has 0 atom stereocenters.